The highest BCUT2D eigenvalue weighted by Crippen LogP contribution is 2.17. The minimum atomic E-state index is -0.0215. The molecule has 0 bridgehead atoms. The Hall–Kier alpha value is -2.14. The van der Waals surface area contributed by atoms with E-state index >= 15 is 0 Å². The lowest BCUT2D eigenvalue weighted by molar-refractivity contribution is 0.0676. The molecule has 3 rings (SSSR count). The minimum absolute atomic E-state index is 0.0215. The van der Waals surface area contributed by atoms with Gasteiger partial charge >= 0.3 is 0 Å². The normalized spacial score (nSPS) is 17.4. The van der Waals surface area contributed by atoms with Crippen molar-refractivity contribution >= 4 is 23.3 Å². The summed E-state index contributed by atoms with van der Waals surface area (Å²) in [7, 11) is 0. The molecule has 1 aliphatic rings. The minimum Gasteiger partial charge on any atom is -0.368 e. The summed E-state index contributed by atoms with van der Waals surface area (Å²) in [6.45, 7) is 4.54. The first-order valence-corrected chi connectivity index (χ1v) is 9.11. The zero-order valence-electron chi connectivity index (χ0n) is 14.4. The fourth-order valence-corrected chi connectivity index (χ4v) is 3.19. The number of carbonyl (C=O) groups excluding carboxylic acids is 1. The summed E-state index contributed by atoms with van der Waals surface area (Å²) in [5.41, 5.74) is 1.62. The van der Waals surface area contributed by atoms with Crippen LogP contribution in [0.15, 0.2) is 36.4 Å². The zero-order valence-corrected chi connectivity index (χ0v) is 15.2. The molecule has 0 saturated carbocycles. The van der Waals surface area contributed by atoms with Gasteiger partial charge in [0.05, 0.1) is 0 Å². The van der Waals surface area contributed by atoms with Crippen LogP contribution in [-0.4, -0.2) is 40.6 Å². The van der Waals surface area contributed by atoms with Crippen LogP contribution in [0.25, 0.3) is 0 Å². The number of piperidine rings is 1. The van der Waals surface area contributed by atoms with Crippen LogP contribution in [0.3, 0.4) is 0 Å². The Morgan fingerprint density at radius 2 is 2.04 bits per heavy atom. The molecule has 25 heavy (non-hydrogen) atoms. The molecule has 1 N–H and O–H groups in total. The molecular weight excluding hydrogens is 336 g/mol. The Morgan fingerprint density at radius 1 is 1.24 bits per heavy atom. The number of amides is 1. The fourth-order valence-electron chi connectivity index (χ4n) is 3.06. The van der Waals surface area contributed by atoms with Crippen LogP contribution in [0.2, 0.25) is 5.02 Å². The molecule has 0 radical (unpaired) electrons. The second-order valence-electron chi connectivity index (χ2n) is 6.61. The van der Waals surface area contributed by atoms with Gasteiger partial charge in [-0.25, -0.2) is 0 Å². The van der Waals surface area contributed by atoms with Crippen LogP contribution in [-0.2, 0) is 6.42 Å². The van der Waals surface area contributed by atoms with Gasteiger partial charge in [-0.2, -0.15) is 0 Å². The highest BCUT2D eigenvalue weighted by Gasteiger charge is 2.23. The average Bonchev–Trinajstić information content (AvgIpc) is 2.63. The topological polar surface area (TPSA) is 58.1 Å². The molecule has 1 aliphatic heterocycles. The van der Waals surface area contributed by atoms with E-state index in [0.717, 1.165) is 37.5 Å². The number of anilines is 1. The van der Waals surface area contributed by atoms with E-state index in [-0.39, 0.29) is 5.91 Å². The molecule has 2 aromatic rings. The van der Waals surface area contributed by atoms with E-state index < -0.39 is 0 Å². The molecule has 0 aliphatic carbocycles. The third kappa shape index (κ3) is 4.92. The summed E-state index contributed by atoms with van der Waals surface area (Å²) >= 11 is 5.88. The van der Waals surface area contributed by atoms with Gasteiger partial charge in [-0.05, 0) is 55.0 Å². The molecule has 6 heteroatoms. The summed E-state index contributed by atoms with van der Waals surface area (Å²) in [5.74, 6) is 1.21. The van der Waals surface area contributed by atoms with E-state index in [1.165, 1.54) is 12.0 Å². The van der Waals surface area contributed by atoms with Gasteiger partial charge in [0.15, 0.2) is 5.69 Å². The molecule has 5 nitrogen and oxygen atoms in total. The van der Waals surface area contributed by atoms with Crippen molar-refractivity contribution < 1.29 is 4.79 Å². The third-order valence-corrected chi connectivity index (χ3v) is 4.71. The molecule has 1 unspecified atom stereocenters. The number of rotatable bonds is 5. The smallest absolute Gasteiger partial charge is 0.274 e. The number of likely N-dealkylation sites (tertiary alicyclic amines) is 1. The summed E-state index contributed by atoms with van der Waals surface area (Å²) in [5, 5.41) is 12.2. The molecule has 1 atom stereocenters. The number of aromatic nitrogens is 2. The number of benzene rings is 1. The van der Waals surface area contributed by atoms with Crippen molar-refractivity contribution in [2.24, 2.45) is 5.92 Å². The van der Waals surface area contributed by atoms with E-state index in [2.05, 4.69) is 22.4 Å². The van der Waals surface area contributed by atoms with Crippen LogP contribution in [0.5, 0.6) is 0 Å². The SMILES string of the molecule is CC1CCCN(C(=O)c2ccc(NCCc3ccc(Cl)cc3)nn2)C1. The lowest BCUT2D eigenvalue weighted by Gasteiger charge is -2.30. The predicted octanol–water partition coefficient (Wildman–Crippen LogP) is 3.66. The highest BCUT2D eigenvalue weighted by atomic mass is 35.5. The third-order valence-electron chi connectivity index (χ3n) is 4.46. The Balaban J connectivity index is 1.51. The van der Waals surface area contributed by atoms with Gasteiger partial charge in [0.1, 0.15) is 5.82 Å². The van der Waals surface area contributed by atoms with Gasteiger partial charge in [-0.1, -0.05) is 30.7 Å². The van der Waals surface area contributed by atoms with E-state index in [1.54, 1.807) is 6.07 Å². The van der Waals surface area contributed by atoms with Crippen molar-refractivity contribution in [3.63, 3.8) is 0 Å². The van der Waals surface area contributed by atoms with Crippen molar-refractivity contribution in [1.29, 1.82) is 0 Å². The van der Waals surface area contributed by atoms with Crippen molar-refractivity contribution in [3.8, 4) is 0 Å². The molecule has 1 aromatic heterocycles. The Morgan fingerprint density at radius 3 is 2.72 bits per heavy atom. The number of hydrogen-bond donors (Lipinski definition) is 1. The maximum absolute atomic E-state index is 12.5. The Kier molecular flexibility index (Phi) is 5.87. The number of hydrogen-bond acceptors (Lipinski definition) is 4. The van der Waals surface area contributed by atoms with Gasteiger partial charge in [0.25, 0.3) is 5.91 Å². The Labute approximate surface area is 153 Å². The number of nitrogens with zero attached hydrogens (tertiary/aromatic N) is 3. The molecule has 132 valence electrons. The van der Waals surface area contributed by atoms with Crippen molar-refractivity contribution in [3.05, 3.63) is 52.7 Å². The fraction of sp³-hybridized carbons (Fsp3) is 0.421. The molecule has 2 heterocycles. The van der Waals surface area contributed by atoms with Gasteiger partial charge in [-0.3, -0.25) is 4.79 Å². The first-order chi connectivity index (χ1) is 12.1. The maximum Gasteiger partial charge on any atom is 0.274 e. The van der Waals surface area contributed by atoms with Crippen LogP contribution in [0.1, 0.15) is 35.8 Å². The van der Waals surface area contributed by atoms with Crippen molar-refractivity contribution in [2.75, 3.05) is 25.0 Å². The summed E-state index contributed by atoms with van der Waals surface area (Å²) < 4.78 is 0. The maximum atomic E-state index is 12.5. The summed E-state index contributed by atoms with van der Waals surface area (Å²) in [6, 6.07) is 11.4. The van der Waals surface area contributed by atoms with E-state index in [1.807, 2.05) is 35.2 Å². The van der Waals surface area contributed by atoms with E-state index in [0.29, 0.717) is 17.4 Å². The molecule has 1 amide bonds. The largest absolute Gasteiger partial charge is 0.368 e. The molecule has 1 fully saturated rings. The van der Waals surface area contributed by atoms with Gasteiger partial charge in [-0.15, -0.1) is 10.2 Å². The second kappa shape index (κ2) is 8.30. The van der Waals surface area contributed by atoms with Gasteiger partial charge in [0, 0.05) is 24.7 Å². The Bertz CT molecular complexity index is 702. The second-order valence-corrected chi connectivity index (χ2v) is 7.04. The van der Waals surface area contributed by atoms with Crippen LogP contribution >= 0.6 is 11.6 Å². The number of carbonyl (C=O) groups is 1. The average molecular weight is 359 g/mol. The lowest BCUT2D eigenvalue weighted by Crippen LogP contribution is -2.39. The number of nitrogens with one attached hydrogen (secondary N) is 1. The lowest BCUT2D eigenvalue weighted by atomic mass is 10.00. The van der Waals surface area contributed by atoms with Crippen LogP contribution < -0.4 is 5.32 Å². The molecule has 1 aromatic carbocycles. The monoisotopic (exact) mass is 358 g/mol. The molecule has 0 spiro atoms. The highest BCUT2D eigenvalue weighted by molar-refractivity contribution is 6.30. The quantitative estimate of drug-likeness (QED) is 0.886. The van der Waals surface area contributed by atoms with Crippen LogP contribution in [0.4, 0.5) is 5.82 Å². The first-order valence-electron chi connectivity index (χ1n) is 8.73. The van der Waals surface area contributed by atoms with E-state index in [9.17, 15) is 4.79 Å². The van der Waals surface area contributed by atoms with Gasteiger partial charge in [0.2, 0.25) is 0 Å². The summed E-state index contributed by atoms with van der Waals surface area (Å²) in [6.07, 6.45) is 3.11. The van der Waals surface area contributed by atoms with E-state index in [4.69, 9.17) is 11.6 Å². The van der Waals surface area contributed by atoms with Crippen molar-refractivity contribution in [1.82, 2.24) is 15.1 Å². The predicted molar refractivity (Wildman–Crippen MR) is 100.0 cm³/mol. The first kappa shape index (κ1) is 17.7. The van der Waals surface area contributed by atoms with Crippen molar-refractivity contribution in [2.45, 2.75) is 26.2 Å². The standard InChI is InChI=1S/C19H23ClN4O/c1-14-3-2-12-24(13-14)19(25)17-8-9-18(23-22-17)21-11-10-15-4-6-16(20)7-5-15/h4-9,14H,2-3,10-13H2,1H3,(H,21,23). The zero-order chi connectivity index (χ0) is 17.6. The van der Waals surface area contributed by atoms with Gasteiger partial charge < -0.3 is 10.2 Å². The molecule has 1 saturated heterocycles. The number of halogens is 1. The summed E-state index contributed by atoms with van der Waals surface area (Å²) in [4.78, 5) is 14.4. The molecular formula is C19H23ClN4O. The van der Waals surface area contributed by atoms with Crippen LogP contribution in [0, 0.1) is 5.92 Å².